The molecule has 0 saturated heterocycles. The minimum Gasteiger partial charge on any atom is -0.309 e. The number of aromatic nitrogens is 2. The number of nitrogens with zero attached hydrogens (tertiary/aromatic N) is 2. The van der Waals surface area contributed by atoms with Crippen molar-refractivity contribution in [1.29, 1.82) is 0 Å². The van der Waals surface area contributed by atoms with E-state index in [1.807, 2.05) is 7.05 Å². The molecule has 1 unspecified atom stereocenters. The third kappa shape index (κ3) is 3.18. The van der Waals surface area contributed by atoms with Crippen molar-refractivity contribution in [2.45, 2.75) is 57.9 Å². The Balaban J connectivity index is 2.21. The molecule has 0 fully saturated rings. The van der Waals surface area contributed by atoms with E-state index >= 15 is 0 Å². The molecule has 18 heavy (non-hydrogen) atoms. The van der Waals surface area contributed by atoms with E-state index < -0.39 is 0 Å². The van der Waals surface area contributed by atoms with Crippen LogP contribution in [0.5, 0.6) is 0 Å². The van der Waals surface area contributed by atoms with Crippen LogP contribution in [-0.2, 0) is 6.42 Å². The second-order valence-corrected chi connectivity index (χ2v) is 5.68. The third-order valence-electron chi connectivity index (χ3n) is 3.67. The van der Waals surface area contributed by atoms with Crippen LogP contribution < -0.4 is 5.32 Å². The largest absolute Gasteiger partial charge is 0.309 e. The number of nitrogens with one attached hydrogen (secondary N) is 1. The number of allylic oxidation sites excluding steroid dienone is 1. The molecule has 1 aliphatic rings. The molecule has 2 rings (SSSR count). The topological polar surface area (TPSA) is 37.8 Å². The molecule has 0 bridgehead atoms. The van der Waals surface area contributed by atoms with Crippen LogP contribution >= 0.6 is 11.5 Å². The van der Waals surface area contributed by atoms with E-state index in [1.165, 1.54) is 49.0 Å². The summed E-state index contributed by atoms with van der Waals surface area (Å²) in [5.74, 6) is 0. The van der Waals surface area contributed by atoms with Crippen LogP contribution in [0.1, 0.15) is 62.1 Å². The summed E-state index contributed by atoms with van der Waals surface area (Å²) >= 11 is 1.55. The summed E-state index contributed by atoms with van der Waals surface area (Å²) in [6.45, 7) is 2.15. The van der Waals surface area contributed by atoms with Crippen molar-refractivity contribution in [2.75, 3.05) is 7.05 Å². The van der Waals surface area contributed by atoms with Crippen LogP contribution in [-0.4, -0.2) is 16.6 Å². The molecule has 100 valence electrons. The van der Waals surface area contributed by atoms with Gasteiger partial charge in [0.05, 0.1) is 16.6 Å². The fourth-order valence-electron chi connectivity index (χ4n) is 2.64. The van der Waals surface area contributed by atoms with Crippen LogP contribution in [0.4, 0.5) is 0 Å². The van der Waals surface area contributed by atoms with Gasteiger partial charge >= 0.3 is 0 Å². The number of rotatable bonds is 4. The zero-order valence-corrected chi connectivity index (χ0v) is 12.2. The normalized spacial score (nSPS) is 18.9. The summed E-state index contributed by atoms with van der Waals surface area (Å²) in [7, 11) is 2.05. The average Bonchev–Trinajstić information content (AvgIpc) is 2.80. The predicted octanol–water partition coefficient (Wildman–Crippen LogP) is 3.64. The van der Waals surface area contributed by atoms with Gasteiger partial charge in [0.1, 0.15) is 0 Å². The van der Waals surface area contributed by atoms with Crippen molar-refractivity contribution in [2.24, 2.45) is 0 Å². The molecule has 0 radical (unpaired) electrons. The predicted molar refractivity (Wildman–Crippen MR) is 76.9 cm³/mol. The number of aryl methyl sites for hydroxylation is 1. The molecular weight excluding hydrogens is 242 g/mol. The van der Waals surface area contributed by atoms with Crippen molar-refractivity contribution in [3.8, 4) is 0 Å². The minimum absolute atomic E-state index is 0.332. The van der Waals surface area contributed by atoms with Gasteiger partial charge in [0, 0.05) is 0 Å². The number of hydrogen-bond donors (Lipinski definition) is 1. The van der Waals surface area contributed by atoms with Crippen LogP contribution in [0.25, 0.3) is 0 Å². The van der Waals surface area contributed by atoms with Gasteiger partial charge in [-0.2, -0.15) is 0 Å². The Morgan fingerprint density at radius 3 is 2.94 bits per heavy atom. The molecule has 0 amide bonds. The molecule has 0 aromatic carbocycles. The number of hydrogen-bond acceptors (Lipinski definition) is 4. The Morgan fingerprint density at radius 2 is 2.17 bits per heavy atom. The molecule has 1 heterocycles. The molecule has 1 aromatic heterocycles. The highest BCUT2D eigenvalue weighted by molar-refractivity contribution is 7.05. The molecular formula is C14H23N3S. The first-order valence-corrected chi connectivity index (χ1v) is 7.81. The quantitative estimate of drug-likeness (QED) is 0.845. The van der Waals surface area contributed by atoms with Crippen LogP contribution in [0, 0.1) is 0 Å². The van der Waals surface area contributed by atoms with Gasteiger partial charge in [0.25, 0.3) is 0 Å². The van der Waals surface area contributed by atoms with Crippen LogP contribution in [0.2, 0.25) is 0 Å². The van der Waals surface area contributed by atoms with E-state index in [2.05, 4.69) is 27.9 Å². The Hall–Kier alpha value is -0.740. The summed E-state index contributed by atoms with van der Waals surface area (Å²) < 4.78 is 4.12. The van der Waals surface area contributed by atoms with Crippen molar-refractivity contribution >= 4 is 11.5 Å². The molecule has 4 heteroatoms. The molecule has 1 atom stereocenters. The van der Waals surface area contributed by atoms with E-state index in [-0.39, 0.29) is 0 Å². The van der Waals surface area contributed by atoms with Crippen LogP contribution in [0.3, 0.4) is 0 Å². The van der Waals surface area contributed by atoms with Crippen molar-refractivity contribution in [3.05, 3.63) is 22.2 Å². The minimum atomic E-state index is 0.332. The first kappa shape index (κ1) is 13.7. The monoisotopic (exact) mass is 265 g/mol. The van der Waals surface area contributed by atoms with E-state index in [1.54, 1.807) is 11.5 Å². The molecule has 1 N–H and O–H groups in total. The zero-order chi connectivity index (χ0) is 12.8. The lowest BCUT2D eigenvalue weighted by Gasteiger charge is -2.21. The Kier molecular flexibility index (Phi) is 5.32. The lowest BCUT2D eigenvalue weighted by atomic mass is 9.93. The lowest BCUT2D eigenvalue weighted by molar-refractivity contribution is 0.575. The molecule has 1 aliphatic carbocycles. The van der Waals surface area contributed by atoms with Crippen molar-refractivity contribution < 1.29 is 0 Å². The standard InChI is InChI=1S/C14H23N3S/c1-3-12-14(18-17-16-12)13(15-2)11-9-7-5-4-6-8-10-11/h9,13,15H,3-8,10H2,1-2H3. The summed E-state index contributed by atoms with van der Waals surface area (Å²) in [4.78, 5) is 1.31. The zero-order valence-electron chi connectivity index (χ0n) is 11.4. The first-order chi connectivity index (χ1) is 8.86. The maximum Gasteiger partial charge on any atom is 0.0804 e. The second-order valence-electron chi connectivity index (χ2n) is 4.89. The molecule has 1 aromatic rings. The van der Waals surface area contributed by atoms with Gasteiger partial charge in [-0.25, -0.2) is 0 Å². The second kappa shape index (κ2) is 7.00. The van der Waals surface area contributed by atoms with E-state index in [0.717, 1.165) is 12.1 Å². The molecule has 0 saturated carbocycles. The van der Waals surface area contributed by atoms with Gasteiger partial charge in [0.15, 0.2) is 0 Å². The summed E-state index contributed by atoms with van der Waals surface area (Å²) in [5, 5.41) is 7.70. The SMILES string of the molecule is CCc1nnsc1C(NC)C1=CCCCCCC1. The van der Waals surface area contributed by atoms with Crippen molar-refractivity contribution in [3.63, 3.8) is 0 Å². The maximum absolute atomic E-state index is 4.24. The highest BCUT2D eigenvalue weighted by atomic mass is 32.1. The van der Waals surface area contributed by atoms with E-state index in [9.17, 15) is 0 Å². The number of likely N-dealkylation sites (N-methyl/N-ethyl adjacent to an activating group) is 1. The lowest BCUT2D eigenvalue weighted by Crippen LogP contribution is -2.19. The van der Waals surface area contributed by atoms with Crippen LogP contribution in [0.15, 0.2) is 11.6 Å². The highest BCUT2D eigenvalue weighted by Gasteiger charge is 2.20. The highest BCUT2D eigenvalue weighted by Crippen LogP contribution is 2.31. The fraction of sp³-hybridized carbons (Fsp3) is 0.714. The van der Waals surface area contributed by atoms with Gasteiger partial charge in [-0.3, -0.25) is 0 Å². The van der Waals surface area contributed by atoms with Gasteiger partial charge in [-0.05, 0) is 50.7 Å². The van der Waals surface area contributed by atoms with Crippen molar-refractivity contribution in [1.82, 2.24) is 14.9 Å². The molecule has 0 aliphatic heterocycles. The van der Waals surface area contributed by atoms with E-state index in [0.29, 0.717) is 6.04 Å². The first-order valence-electron chi connectivity index (χ1n) is 7.04. The summed E-state index contributed by atoms with van der Waals surface area (Å²) in [6, 6.07) is 0.332. The van der Waals surface area contributed by atoms with Gasteiger partial charge in [0.2, 0.25) is 0 Å². The summed E-state index contributed by atoms with van der Waals surface area (Å²) in [5.41, 5.74) is 2.69. The molecule has 0 spiro atoms. The maximum atomic E-state index is 4.24. The smallest absolute Gasteiger partial charge is 0.0804 e. The van der Waals surface area contributed by atoms with Gasteiger partial charge in [-0.15, -0.1) is 5.10 Å². The molecule has 3 nitrogen and oxygen atoms in total. The van der Waals surface area contributed by atoms with Gasteiger partial charge < -0.3 is 5.32 Å². The third-order valence-corrected chi connectivity index (χ3v) is 4.50. The Bertz CT molecular complexity index is 397. The van der Waals surface area contributed by atoms with E-state index in [4.69, 9.17) is 0 Å². The Morgan fingerprint density at radius 1 is 1.33 bits per heavy atom. The average molecular weight is 265 g/mol. The fourth-order valence-corrected chi connectivity index (χ4v) is 3.54. The van der Waals surface area contributed by atoms with Gasteiger partial charge in [-0.1, -0.05) is 35.9 Å². The summed E-state index contributed by atoms with van der Waals surface area (Å²) in [6.07, 6.45) is 11.3. The Labute approximate surface area is 114 Å².